The zero-order valence-electron chi connectivity index (χ0n) is 16.9. The fraction of sp³-hybridized carbons (Fsp3) is 0.174. The first kappa shape index (κ1) is 19.8. The van der Waals surface area contributed by atoms with Crippen molar-refractivity contribution in [2.24, 2.45) is 9.98 Å². The van der Waals surface area contributed by atoms with Gasteiger partial charge in [-0.1, -0.05) is 24.3 Å². The number of fused-ring (bicyclic) bond motifs is 1. The lowest BCUT2D eigenvalue weighted by Crippen LogP contribution is -2.36. The summed E-state index contributed by atoms with van der Waals surface area (Å²) in [4.78, 5) is 23.1. The molecule has 0 aliphatic carbocycles. The van der Waals surface area contributed by atoms with E-state index in [4.69, 9.17) is 19.5 Å². The van der Waals surface area contributed by atoms with Crippen LogP contribution in [0.25, 0.3) is 0 Å². The largest absolute Gasteiger partial charge is 0.493 e. The Kier molecular flexibility index (Phi) is 5.63. The van der Waals surface area contributed by atoms with Crippen LogP contribution < -0.4 is 14.8 Å². The molecular weight excluding hydrogens is 398 g/mol. The van der Waals surface area contributed by atoms with Crippen LogP contribution in [0.2, 0.25) is 0 Å². The molecule has 2 aromatic carbocycles. The summed E-state index contributed by atoms with van der Waals surface area (Å²) in [6.45, 7) is 1.94. The minimum absolute atomic E-state index is 0.193. The molecule has 30 heavy (non-hydrogen) atoms. The van der Waals surface area contributed by atoms with E-state index in [0.717, 1.165) is 17.0 Å². The number of carbonyl (C=O) groups excluding carboxylic acids is 1. The normalized spacial score (nSPS) is 15.4. The molecule has 0 saturated heterocycles. The van der Waals surface area contributed by atoms with Gasteiger partial charge < -0.3 is 14.8 Å². The number of benzene rings is 2. The highest BCUT2D eigenvalue weighted by Crippen LogP contribution is 2.37. The topological polar surface area (TPSA) is 72.3 Å². The van der Waals surface area contributed by atoms with Crippen LogP contribution in [0.5, 0.6) is 11.5 Å². The Hall–Kier alpha value is -3.45. The standard InChI is InChI=1S/C23H21N3O3S/c1-14-21(15-10-11-18(28-2)19(13-15)29-3)22(26-23(27)20-9-6-12-30-20)25-17-8-5-4-7-16(17)24-14/h4-13,21H,1-3H3,(H,25,26,27)/t21-/m0/s1. The molecule has 1 amide bonds. The van der Waals surface area contributed by atoms with E-state index >= 15 is 0 Å². The molecule has 0 bridgehead atoms. The van der Waals surface area contributed by atoms with Crippen molar-refractivity contribution in [3.63, 3.8) is 0 Å². The highest BCUT2D eigenvalue weighted by Gasteiger charge is 2.28. The highest BCUT2D eigenvalue weighted by atomic mass is 32.1. The average molecular weight is 420 g/mol. The molecule has 1 aliphatic heterocycles. The summed E-state index contributed by atoms with van der Waals surface area (Å²) in [5.41, 5.74) is 3.19. The molecule has 1 atom stereocenters. The number of nitrogens with zero attached hydrogens (tertiary/aromatic N) is 2. The Labute approximate surface area is 178 Å². The quantitative estimate of drug-likeness (QED) is 0.638. The molecule has 2 heterocycles. The number of hydrogen-bond donors (Lipinski definition) is 1. The molecule has 3 aromatic rings. The van der Waals surface area contributed by atoms with Gasteiger partial charge in [0.15, 0.2) is 11.5 Å². The number of para-hydroxylation sites is 2. The zero-order valence-corrected chi connectivity index (χ0v) is 17.7. The molecule has 1 aliphatic rings. The maximum Gasteiger partial charge on any atom is 0.266 e. The molecule has 7 heteroatoms. The Balaban J connectivity index is 1.82. The van der Waals surface area contributed by atoms with Crippen molar-refractivity contribution in [3.05, 3.63) is 70.4 Å². The van der Waals surface area contributed by atoms with Gasteiger partial charge in [0.1, 0.15) is 5.84 Å². The first-order valence-corrected chi connectivity index (χ1v) is 10.3. The van der Waals surface area contributed by atoms with Crippen LogP contribution >= 0.6 is 11.3 Å². The molecule has 4 rings (SSSR count). The van der Waals surface area contributed by atoms with Crippen LogP contribution in [0.3, 0.4) is 0 Å². The second-order valence-electron chi connectivity index (χ2n) is 6.72. The van der Waals surface area contributed by atoms with Gasteiger partial charge in [0.2, 0.25) is 0 Å². The first-order valence-electron chi connectivity index (χ1n) is 9.40. The van der Waals surface area contributed by atoms with Crippen molar-refractivity contribution in [1.29, 1.82) is 0 Å². The van der Waals surface area contributed by atoms with E-state index in [1.165, 1.54) is 11.3 Å². The summed E-state index contributed by atoms with van der Waals surface area (Å²) in [6.07, 6.45) is 0. The number of carbonyl (C=O) groups is 1. The Bertz CT molecular complexity index is 1140. The van der Waals surface area contributed by atoms with E-state index in [1.807, 2.05) is 60.8 Å². The van der Waals surface area contributed by atoms with Crippen LogP contribution in [-0.4, -0.2) is 31.7 Å². The number of ether oxygens (including phenoxy) is 2. The summed E-state index contributed by atoms with van der Waals surface area (Å²) < 4.78 is 10.8. The Morgan fingerprint density at radius 3 is 2.37 bits per heavy atom. The zero-order chi connectivity index (χ0) is 21.1. The number of aliphatic imine (C=N–C) groups is 2. The number of methoxy groups -OCH3 is 2. The predicted molar refractivity (Wildman–Crippen MR) is 120 cm³/mol. The lowest BCUT2D eigenvalue weighted by Gasteiger charge is -2.20. The van der Waals surface area contributed by atoms with Crippen LogP contribution in [0, 0.1) is 0 Å². The molecule has 1 N–H and O–H groups in total. The van der Waals surface area contributed by atoms with Crippen molar-refractivity contribution < 1.29 is 14.3 Å². The third-order valence-electron chi connectivity index (χ3n) is 4.84. The lowest BCUT2D eigenvalue weighted by molar-refractivity contribution is 0.0980. The minimum Gasteiger partial charge on any atom is -0.493 e. The fourth-order valence-corrected chi connectivity index (χ4v) is 4.04. The fourth-order valence-electron chi connectivity index (χ4n) is 3.42. The summed E-state index contributed by atoms with van der Waals surface area (Å²) >= 11 is 1.39. The van der Waals surface area contributed by atoms with Crippen molar-refractivity contribution in [2.45, 2.75) is 12.8 Å². The average Bonchev–Trinajstić information content (AvgIpc) is 3.25. The van der Waals surface area contributed by atoms with Crippen molar-refractivity contribution in [3.8, 4) is 11.5 Å². The monoisotopic (exact) mass is 419 g/mol. The van der Waals surface area contributed by atoms with Gasteiger partial charge in [0, 0.05) is 5.71 Å². The number of nitrogens with one attached hydrogen (secondary N) is 1. The molecule has 0 fully saturated rings. The highest BCUT2D eigenvalue weighted by molar-refractivity contribution is 7.12. The van der Waals surface area contributed by atoms with Gasteiger partial charge in [-0.05, 0) is 48.2 Å². The second-order valence-corrected chi connectivity index (χ2v) is 7.67. The van der Waals surface area contributed by atoms with E-state index < -0.39 is 0 Å². The van der Waals surface area contributed by atoms with E-state index in [9.17, 15) is 4.79 Å². The van der Waals surface area contributed by atoms with Gasteiger partial charge in [-0.2, -0.15) is 0 Å². The SMILES string of the molecule is COc1ccc([C@@H]2C(C)=Nc3ccccc3N=C2NC(=O)c2cccs2)cc1OC. The minimum atomic E-state index is -0.346. The van der Waals surface area contributed by atoms with Crippen LogP contribution in [-0.2, 0) is 0 Å². The third-order valence-corrected chi connectivity index (χ3v) is 5.71. The molecule has 0 saturated carbocycles. The molecule has 1 aromatic heterocycles. The van der Waals surface area contributed by atoms with Gasteiger partial charge in [-0.3, -0.25) is 9.79 Å². The van der Waals surface area contributed by atoms with Crippen molar-refractivity contribution in [1.82, 2.24) is 5.32 Å². The number of amides is 1. The van der Waals surface area contributed by atoms with Crippen LogP contribution in [0.4, 0.5) is 11.4 Å². The maximum atomic E-state index is 12.8. The van der Waals surface area contributed by atoms with Gasteiger partial charge in [-0.15, -0.1) is 11.3 Å². The summed E-state index contributed by atoms with van der Waals surface area (Å²) in [6, 6.07) is 16.9. The van der Waals surface area contributed by atoms with Gasteiger partial charge in [0.25, 0.3) is 5.91 Å². The lowest BCUT2D eigenvalue weighted by atomic mass is 9.92. The number of amidine groups is 1. The Morgan fingerprint density at radius 1 is 0.967 bits per heavy atom. The number of thiophene rings is 1. The third kappa shape index (κ3) is 3.84. The summed E-state index contributed by atoms with van der Waals surface area (Å²) in [7, 11) is 3.19. The molecule has 0 unspecified atom stereocenters. The summed E-state index contributed by atoms with van der Waals surface area (Å²) in [5, 5.41) is 4.89. The van der Waals surface area contributed by atoms with Gasteiger partial charge in [0.05, 0.1) is 36.4 Å². The van der Waals surface area contributed by atoms with Gasteiger partial charge in [-0.25, -0.2) is 4.99 Å². The molecule has 6 nitrogen and oxygen atoms in total. The van der Waals surface area contributed by atoms with Crippen molar-refractivity contribution in [2.75, 3.05) is 14.2 Å². The van der Waals surface area contributed by atoms with Gasteiger partial charge >= 0.3 is 0 Å². The van der Waals surface area contributed by atoms with Crippen molar-refractivity contribution >= 4 is 40.2 Å². The number of hydrogen-bond acceptors (Lipinski definition) is 6. The second kappa shape index (κ2) is 8.51. The van der Waals surface area contributed by atoms with Crippen LogP contribution in [0.1, 0.15) is 28.1 Å². The predicted octanol–water partition coefficient (Wildman–Crippen LogP) is 5.12. The first-order chi connectivity index (χ1) is 14.6. The van der Waals surface area contributed by atoms with Crippen LogP contribution in [0.15, 0.2) is 70.0 Å². The van der Waals surface area contributed by atoms with E-state index in [-0.39, 0.29) is 11.8 Å². The molecule has 0 radical (unpaired) electrons. The van der Waals surface area contributed by atoms with E-state index in [2.05, 4.69) is 5.32 Å². The van der Waals surface area contributed by atoms with E-state index in [0.29, 0.717) is 27.9 Å². The van der Waals surface area contributed by atoms with E-state index in [1.54, 1.807) is 20.3 Å². The molecule has 152 valence electrons. The maximum absolute atomic E-state index is 12.8. The molecular formula is C23H21N3O3S. The smallest absolute Gasteiger partial charge is 0.266 e. The number of rotatable bonds is 4. The Morgan fingerprint density at radius 2 is 1.70 bits per heavy atom. The summed E-state index contributed by atoms with van der Waals surface area (Å²) in [5.74, 6) is 1.22. The molecule has 0 spiro atoms.